The molecule has 5 aliphatic heterocycles. The lowest BCUT2D eigenvalue weighted by molar-refractivity contribution is -0.172. The van der Waals surface area contributed by atoms with Gasteiger partial charge in [0.1, 0.15) is 23.9 Å². The maximum Gasteiger partial charge on any atom is 0.415 e. The van der Waals surface area contributed by atoms with E-state index in [1.807, 2.05) is 33.8 Å². The molecule has 0 spiro atoms. The Morgan fingerprint density at radius 3 is 2.37 bits per heavy atom. The fourth-order valence-electron chi connectivity index (χ4n) is 11.4. The molecule has 4 aromatic rings. The number of hydrogen-bond donors (Lipinski definition) is 4. The van der Waals surface area contributed by atoms with E-state index in [0.29, 0.717) is 60.6 Å². The molecule has 10 rings (SSSR count). The highest BCUT2D eigenvalue weighted by Gasteiger charge is 2.47. The Hall–Kier alpha value is -7.43. The number of piperidine rings is 1. The third-order valence-corrected chi connectivity index (χ3v) is 17.6. The molecule has 3 atom stereocenters. The molecule has 22 heteroatoms. The first-order chi connectivity index (χ1) is 36.3. The highest BCUT2D eigenvalue weighted by molar-refractivity contribution is 7.89. The second kappa shape index (κ2) is 19.9. The predicted octanol–water partition coefficient (Wildman–Crippen LogP) is 5.12. The summed E-state index contributed by atoms with van der Waals surface area (Å²) in [5.41, 5.74) is 3.19. The first-order valence-electron chi connectivity index (χ1n) is 25.9. The smallest absolute Gasteiger partial charge is 0.415 e. The number of piperazine rings is 1. The molecular weight excluding hydrogens is 999 g/mol. The van der Waals surface area contributed by atoms with Gasteiger partial charge < -0.3 is 44.5 Å². The summed E-state index contributed by atoms with van der Waals surface area (Å²) in [7, 11) is -4.01. The van der Waals surface area contributed by atoms with Crippen LogP contribution in [0.5, 0.6) is 11.5 Å². The topological polar surface area (TPSA) is 268 Å². The highest BCUT2D eigenvalue weighted by Crippen LogP contribution is 2.44. The van der Waals surface area contributed by atoms with Crippen molar-refractivity contribution in [1.82, 2.24) is 38.8 Å². The van der Waals surface area contributed by atoms with Gasteiger partial charge in [0.15, 0.2) is 11.4 Å². The number of aliphatic hydroxyl groups is 1. The number of hydrogen-bond acceptors (Lipinski definition) is 15. The van der Waals surface area contributed by atoms with Gasteiger partial charge in [-0.05, 0) is 105 Å². The van der Waals surface area contributed by atoms with Crippen molar-refractivity contribution in [3.63, 3.8) is 0 Å². The molecule has 0 bridgehead atoms. The van der Waals surface area contributed by atoms with Crippen LogP contribution in [0.15, 0.2) is 91.9 Å². The summed E-state index contributed by atoms with van der Waals surface area (Å²) in [6.45, 7) is 12.4. The van der Waals surface area contributed by atoms with E-state index < -0.39 is 39.5 Å². The molecule has 400 valence electrons. The van der Waals surface area contributed by atoms with Crippen molar-refractivity contribution in [1.29, 1.82) is 0 Å². The monoisotopic (exact) mass is 1060 g/mol. The number of amides is 3. The molecule has 1 aliphatic carbocycles. The zero-order valence-electron chi connectivity index (χ0n) is 43.2. The maximum absolute atomic E-state index is 14.0. The Labute approximate surface area is 438 Å². The van der Waals surface area contributed by atoms with Crippen LogP contribution in [0.1, 0.15) is 113 Å². The number of aliphatic imine (C=N–C) groups is 1. The quantitative estimate of drug-likeness (QED) is 0.142. The Balaban J connectivity index is 0.765. The normalized spacial score (nSPS) is 21.7. The van der Waals surface area contributed by atoms with Gasteiger partial charge in [-0.1, -0.05) is 33.3 Å². The van der Waals surface area contributed by atoms with Crippen molar-refractivity contribution in [3.8, 4) is 28.6 Å². The fourth-order valence-corrected chi connectivity index (χ4v) is 12.9. The van der Waals surface area contributed by atoms with Crippen LogP contribution in [0.4, 0.5) is 4.79 Å². The lowest BCUT2D eigenvalue weighted by Gasteiger charge is -2.41. The summed E-state index contributed by atoms with van der Waals surface area (Å²) in [5, 5.41) is 43.8. The summed E-state index contributed by atoms with van der Waals surface area (Å²) >= 11 is 0. The van der Waals surface area contributed by atoms with Gasteiger partial charge in [0.25, 0.3) is 11.5 Å². The van der Waals surface area contributed by atoms with Crippen LogP contribution in [0.3, 0.4) is 0 Å². The molecule has 4 N–H and O–H groups in total. The van der Waals surface area contributed by atoms with Crippen LogP contribution in [-0.4, -0.2) is 132 Å². The molecule has 3 unspecified atom stereocenters. The van der Waals surface area contributed by atoms with E-state index in [2.05, 4.69) is 15.5 Å². The standard InChI is InChI=1S/C54H61N9O12S/c1-7-35-37-22-33(12-15-42(37)56-46-39(35)27-62-43(46)24-41-40(51(62)68)28-74-52(69)54(41,71)8-2)75-53(70)61-21-20-59(26-30(61)6)50(67)31-16-18-60(19-17-31)76(72,73)34-13-10-32(11-14-34)63-47(57-58-48(63)49(66)55-9-3)38-23-36(29(4)5)44(64)25-45(38)65/h10-15,23-25,29-31,37,64-65,71H,7-9,16-22,26-28H2,1-6H3,(H,55,66). The lowest BCUT2D eigenvalue weighted by Crippen LogP contribution is -2.57. The van der Waals surface area contributed by atoms with E-state index >= 15 is 0 Å². The Kier molecular flexibility index (Phi) is 13.6. The second-order valence-corrected chi connectivity index (χ2v) is 22.3. The third kappa shape index (κ3) is 8.78. The first-order valence-corrected chi connectivity index (χ1v) is 27.3. The van der Waals surface area contributed by atoms with Crippen molar-refractivity contribution in [2.24, 2.45) is 16.8 Å². The fraction of sp³-hybridized carbons (Fsp3) is 0.444. The SMILES string of the molecule is CCNC(=O)c1nnc(-c2cc(C(C)C)c(O)cc2O)n1-c1ccc(S(=O)(=O)N2CCC(C(=O)N3CCN(C(=O)OC4=CC=C5N=C6C(=C(CC)C5C4)Cn4c6cc5c(c4=O)COC(=O)C5(O)CC)C(C)C3)CC2)cc1. The number of nitrogens with one attached hydrogen (secondary N) is 1. The van der Waals surface area contributed by atoms with Crippen LogP contribution < -0.4 is 10.9 Å². The van der Waals surface area contributed by atoms with Gasteiger partial charge in [-0.2, -0.15) is 4.31 Å². The number of carbonyl (C=O) groups excluding carboxylic acids is 4. The number of rotatable bonds is 11. The number of cyclic esters (lactones) is 1. The number of carbonyl (C=O) groups is 4. The van der Waals surface area contributed by atoms with Crippen molar-refractivity contribution in [2.45, 2.75) is 109 Å². The van der Waals surface area contributed by atoms with Gasteiger partial charge in [-0.15, -0.1) is 10.2 Å². The Morgan fingerprint density at radius 2 is 1.70 bits per heavy atom. The molecule has 3 amide bonds. The zero-order valence-corrected chi connectivity index (χ0v) is 44.0. The van der Waals surface area contributed by atoms with E-state index in [1.165, 1.54) is 39.2 Å². The average molecular weight is 1060 g/mol. The molecule has 0 radical (unpaired) electrons. The number of aromatic nitrogens is 4. The van der Waals surface area contributed by atoms with Crippen LogP contribution in [0.2, 0.25) is 0 Å². The summed E-state index contributed by atoms with van der Waals surface area (Å²) < 4.78 is 43.7. The number of phenols is 2. The van der Waals surface area contributed by atoms with E-state index in [9.17, 15) is 47.7 Å². The molecular formula is C54H61N9O12S. The molecule has 2 saturated heterocycles. The number of nitrogens with zero attached hydrogens (tertiary/aromatic N) is 8. The largest absolute Gasteiger partial charge is 0.508 e. The van der Waals surface area contributed by atoms with Gasteiger partial charge in [-0.25, -0.2) is 18.0 Å². The van der Waals surface area contributed by atoms with E-state index in [0.717, 1.165) is 16.8 Å². The zero-order chi connectivity index (χ0) is 54.1. The number of ether oxygens (including phenoxy) is 2. The van der Waals surface area contributed by atoms with Crippen molar-refractivity contribution >= 4 is 39.6 Å². The lowest BCUT2D eigenvalue weighted by atomic mass is 9.80. The first kappa shape index (κ1) is 52.0. The molecule has 2 aromatic heterocycles. The maximum atomic E-state index is 14.0. The minimum Gasteiger partial charge on any atom is -0.508 e. The van der Waals surface area contributed by atoms with Crippen LogP contribution in [-0.2, 0) is 47.8 Å². The Bertz CT molecular complexity index is 3400. The van der Waals surface area contributed by atoms with Crippen LogP contribution in [0.25, 0.3) is 17.1 Å². The van der Waals surface area contributed by atoms with E-state index in [4.69, 9.17) is 14.5 Å². The molecule has 21 nitrogen and oxygen atoms in total. The number of aromatic hydroxyl groups is 2. The summed E-state index contributed by atoms with van der Waals surface area (Å²) in [6.07, 6.45) is 4.67. The van der Waals surface area contributed by atoms with Crippen molar-refractivity contribution < 1.29 is 52.4 Å². The third-order valence-electron chi connectivity index (χ3n) is 15.7. The summed E-state index contributed by atoms with van der Waals surface area (Å²) in [6, 6.07) is 10.0. The van der Waals surface area contributed by atoms with Crippen LogP contribution in [0, 0.1) is 11.8 Å². The number of sulfonamides is 1. The molecule has 76 heavy (non-hydrogen) atoms. The molecule has 2 aromatic carbocycles. The van der Waals surface area contributed by atoms with Gasteiger partial charge >= 0.3 is 12.1 Å². The highest BCUT2D eigenvalue weighted by atomic mass is 32.2. The van der Waals surface area contributed by atoms with E-state index in [-0.39, 0.29) is 126 Å². The molecule has 6 aliphatic rings. The minimum atomic E-state index is -4.01. The minimum absolute atomic E-state index is 0.00530. The molecule has 0 saturated carbocycles. The van der Waals surface area contributed by atoms with Crippen molar-refractivity contribution in [3.05, 3.63) is 116 Å². The number of allylic oxidation sites excluding steroid dienone is 5. The molecule has 7 heterocycles. The summed E-state index contributed by atoms with van der Waals surface area (Å²) in [5.74, 6) is -2.07. The number of esters is 1. The van der Waals surface area contributed by atoms with Crippen molar-refractivity contribution in [2.75, 3.05) is 39.3 Å². The van der Waals surface area contributed by atoms with Gasteiger partial charge in [0.2, 0.25) is 21.8 Å². The second-order valence-electron chi connectivity index (χ2n) is 20.4. The average Bonchev–Trinajstić information content (AvgIpc) is 4.03. The number of pyridine rings is 1. The summed E-state index contributed by atoms with van der Waals surface area (Å²) in [4.78, 5) is 75.8. The number of fused-ring (bicyclic) bond motifs is 5. The van der Waals surface area contributed by atoms with E-state index in [1.54, 1.807) is 46.4 Å². The van der Waals surface area contributed by atoms with Gasteiger partial charge in [0.05, 0.1) is 34.0 Å². The van der Waals surface area contributed by atoms with Gasteiger partial charge in [0, 0.05) is 86.6 Å². The van der Waals surface area contributed by atoms with Gasteiger partial charge in [-0.3, -0.25) is 23.9 Å². The number of dihydropyridines is 1. The molecule has 2 fully saturated rings. The number of phenolic OH excluding ortho intramolecular Hbond substituents is 2. The number of benzene rings is 2. The predicted molar refractivity (Wildman–Crippen MR) is 276 cm³/mol. The van der Waals surface area contributed by atoms with Crippen LogP contribution >= 0.6 is 0 Å². The Morgan fingerprint density at radius 1 is 0.961 bits per heavy atom.